The maximum atomic E-state index is 4.93. The Balaban J connectivity index is 0.000000354. The molecule has 1 aliphatic carbocycles. The molecule has 1 aliphatic rings. The summed E-state index contributed by atoms with van der Waals surface area (Å²) in [6.45, 7) is 4.46. The standard InChI is InChI=1S/C9H14.2ClH.Zr/c1-3-8-6-5-7-9(8)4-2;;;/h5-8H,3-4H2,1-2H3;2*1H;/q;;;+2/p-2. The van der Waals surface area contributed by atoms with Crippen LogP contribution in [-0.2, 0) is 20.8 Å². The van der Waals surface area contributed by atoms with Crippen LogP contribution in [0.5, 0.6) is 0 Å². The van der Waals surface area contributed by atoms with Gasteiger partial charge in [0, 0.05) is 0 Å². The van der Waals surface area contributed by atoms with E-state index in [0.29, 0.717) is 0 Å². The summed E-state index contributed by atoms with van der Waals surface area (Å²) in [6.07, 6.45) is 9.18. The van der Waals surface area contributed by atoms with Crippen molar-refractivity contribution < 1.29 is 20.8 Å². The van der Waals surface area contributed by atoms with E-state index in [0.717, 1.165) is 5.92 Å². The van der Waals surface area contributed by atoms with E-state index in [4.69, 9.17) is 17.0 Å². The van der Waals surface area contributed by atoms with Gasteiger partial charge in [-0.3, -0.25) is 0 Å². The minimum atomic E-state index is -0.826. The average molecular weight is 284 g/mol. The first-order chi connectivity index (χ1) is 5.79. The van der Waals surface area contributed by atoms with Gasteiger partial charge in [0.1, 0.15) is 0 Å². The Kier molecular flexibility index (Phi) is 9.21. The zero-order valence-electron chi connectivity index (χ0n) is 7.48. The van der Waals surface area contributed by atoms with Gasteiger partial charge in [-0.05, 0) is 18.8 Å². The van der Waals surface area contributed by atoms with Crippen molar-refractivity contribution in [2.45, 2.75) is 26.7 Å². The first kappa shape index (κ1) is 12.9. The first-order valence-corrected chi connectivity index (χ1v) is 10.5. The molecule has 0 heterocycles. The van der Waals surface area contributed by atoms with E-state index >= 15 is 0 Å². The molecule has 0 amide bonds. The summed E-state index contributed by atoms with van der Waals surface area (Å²) in [7, 11) is 9.87. The molecular weight excluding hydrogens is 270 g/mol. The normalized spacial score (nSPS) is 19.7. The SMILES string of the molecule is CCC1=CC=CC1CC.[Cl][Zr][Cl]. The monoisotopic (exact) mass is 282 g/mol. The van der Waals surface area contributed by atoms with Crippen LogP contribution in [0.25, 0.3) is 0 Å². The molecule has 0 saturated carbocycles. The summed E-state index contributed by atoms with van der Waals surface area (Å²) in [6, 6.07) is 0. The van der Waals surface area contributed by atoms with Crippen molar-refractivity contribution in [1.82, 2.24) is 0 Å². The summed E-state index contributed by atoms with van der Waals surface area (Å²) in [5.74, 6) is 0.759. The summed E-state index contributed by atoms with van der Waals surface area (Å²) >= 11 is -0.826. The van der Waals surface area contributed by atoms with Gasteiger partial charge >= 0.3 is 37.9 Å². The van der Waals surface area contributed by atoms with Crippen molar-refractivity contribution in [2.75, 3.05) is 0 Å². The van der Waals surface area contributed by atoms with Crippen LogP contribution in [-0.4, -0.2) is 0 Å². The fraction of sp³-hybridized carbons (Fsp3) is 0.556. The van der Waals surface area contributed by atoms with E-state index in [1.54, 1.807) is 5.57 Å². The van der Waals surface area contributed by atoms with E-state index in [1.807, 2.05) is 0 Å². The minimum absolute atomic E-state index is 0.759. The van der Waals surface area contributed by atoms with Gasteiger partial charge in [-0.2, -0.15) is 0 Å². The third kappa shape index (κ3) is 4.85. The Hall–Kier alpha value is 0.943. The van der Waals surface area contributed by atoms with Gasteiger partial charge in [-0.15, -0.1) is 0 Å². The molecule has 0 radical (unpaired) electrons. The Morgan fingerprint density at radius 1 is 1.42 bits per heavy atom. The Morgan fingerprint density at radius 3 is 2.33 bits per heavy atom. The van der Waals surface area contributed by atoms with Gasteiger partial charge in [0.15, 0.2) is 0 Å². The zero-order valence-corrected chi connectivity index (χ0v) is 11.4. The van der Waals surface area contributed by atoms with Crippen LogP contribution in [0, 0.1) is 5.92 Å². The fourth-order valence-corrected chi connectivity index (χ4v) is 1.34. The molecule has 1 atom stereocenters. The second kappa shape index (κ2) is 8.54. The van der Waals surface area contributed by atoms with E-state index < -0.39 is 20.8 Å². The van der Waals surface area contributed by atoms with Gasteiger partial charge < -0.3 is 0 Å². The molecule has 0 spiro atoms. The number of allylic oxidation sites excluding steroid dienone is 4. The molecule has 68 valence electrons. The first-order valence-electron chi connectivity index (χ1n) is 4.13. The number of hydrogen-bond donors (Lipinski definition) is 0. The molecule has 1 unspecified atom stereocenters. The van der Waals surface area contributed by atoms with Gasteiger partial charge in [-0.25, -0.2) is 0 Å². The fourth-order valence-electron chi connectivity index (χ4n) is 1.34. The zero-order chi connectivity index (χ0) is 9.40. The van der Waals surface area contributed by atoms with Gasteiger partial charge in [0.05, 0.1) is 0 Å². The van der Waals surface area contributed by atoms with Crippen molar-refractivity contribution in [3.63, 3.8) is 0 Å². The van der Waals surface area contributed by atoms with E-state index in [1.165, 1.54) is 12.8 Å². The third-order valence-corrected chi connectivity index (χ3v) is 1.98. The van der Waals surface area contributed by atoms with Crippen LogP contribution < -0.4 is 0 Å². The molecule has 1 rings (SSSR count). The summed E-state index contributed by atoms with van der Waals surface area (Å²) in [5.41, 5.74) is 1.59. The predicted molar refractivity (Wildman–Crippen MR) is 53.0 cm³/mol. The number of halogens is 2. The van der Waals surface area contributed by atoms with Crippen molar-refractivity contribution >= 4 is 17.0 Å². The van der Waals surface area contributed by atoms with Crippen LogP contribution in [0.3, 0.4) is 0 Å². The average Bonchev–Trinajstić information content (AvgIpc) is 2.52. The molecule has 0 fully saturated rings. The molecule has 0 bridgehead atoms. The van der Waals surface area contributed by atoms with Crippen molar-refractivity contribution in [3.05, 3.63) is 23.8 Å². The van der Waals surface area contributed by atoms with Crippen LogP contribution in [0.2, 0.25) is 0 Å². The summed E-state index contributed by atoms with van der Waals surface area (Å²) < 4.78 is 0. The molecule has 0 aliphatic heterocycles. The number of rotatable bonds is 2. The van der Waals surface area contributed by atoms with Gasteiger partial charge in [0.2, 0.25) is 0 Å². The van der Waals surface area contributed by atoms with Crippen molar-refractivity contribution in [2.24, 2.45) is 5.92 Å². The Morgan fingerprint density at radius 2 is 2.00 bits per heavy atom. The second-order valence-electron chi connectivity index (χ2n) is 2.57. The second-order valence-corrected chi connectivity index (χ2v) is 6.30. The van der Waals surface area contributed by atoms with E-state index in [2.05, 4.69) is 32.1 Å². The van der Waals surface area contributed by atoms with Crippen LogP contribution in [0.1, 0.15) is 26.7 Å². The molecule has 0 N–H and O–H groups in total. The number of hydrogen-bond acceptors (Lipinski definition) is 0. The molecule has 12 heavy (non-hydrogen) atoms. The topological polar surface area (TPSA) is 0 Å². The van der Waals surface area contributed by atoms with Crippen molar-refractivity contribution in [3.8, 4) is 0 Å². The maximum absolute atomic E-state index is 4.93. The van der Waals surface area contributed by atoms with Gasteiger partial charge in [0.25, 0.3) is 0 Å². The van der Waals surface area contributed by atoms with Crippen LogP contribution in [0.15, 0.2) is 23.8 Å². The molecule has 0 nitrogen and oxygen atoms in total. The van der Waals surface area contributed by atoms with E-state index in [-0.39, 0.29) is 0 Å². The third-order valence-electron chi connectivity index (χ3n) is 1.98. The molecule has 0 aromatic heterocycles. The predicted octanol–water partition coefficient (Wildman–Crippen LogP) is 4.30. The molecule has 0 aromatic carbocycles. The van der Waals surface area contributed by atoms with Crippen molar-refractivity contribution in [1.29, 1.82) is 0 Å². The molecule has 3 heteroatoms. The molecular formula is C9H14Cl2Zr. The van der Waals surface area contributed by atoms with E-state index in [9.17, 15) is 0 Å². The molecule has 0 saturated heterocycles. The van der Waals surface area contributed by atoms with Gasteiger partial charge in [-0.1, -0.05) is 37.6 Å². The summed E-state index contributed by atoms with van der Waals surface area (Å²) in [4.78, 5) is 0. The Bertz CT molecular complexity index is 164. The quantitative estimate of drug-likeness (QED) is 0.709. The summed E-state index contributed by atoms with van der Waals surface area (Å²) in [5, 5.41) is 0. The van der Waals surface area contributed by atoms with Crippen LogP contribution >= 0.6 is 17.0 Å². The Labute approximate surface area is 93.7 Å². The molecule has 0 aromatic rings. The van der Waals surface area contributed by atoms with Crippen LogP contribution in [0.4, 0.5) is 0 Å².